The van der Waals surface area contributed by atoms with Crippen molar-refractivity contribution in [2.24, 2.45) is 5.84 Å². The summed E-state index contributed by atoms with van der Waals surface area (Å²) in [7, 11) is 0. The summed E-state index contributed by atoms with van der Waals surface area (Å²) in [5.41, 5.74) is 2.91. The maximum Gasteiger partial charge on any atom is 0.332 e. The smallest absolute Gasteiger partial charge is 0.332 e. The lowest BCUT2D eigenvalue weighted by molar-refractivity contribution is -0.385. The van der Waals surface area contributed by atoms with Gasteiger partial charge in [-0.2, -0.15) is 4.98 Å². The fourth-order valence-electron chi connectivity index (χ4n) is 1.66. The van der Waals surface area contributed by atoms with Crippen molar-refractivity contribution in [2.75, 3.05) is 10.7 Å². The normalized spacial score (nSPS) is 10.3. The number of nitrogens with one attached hydrogen (secondary N) is 2. The van der Waals surface area contributed by atoms with E-state index in [-0.39, 0.29) is 23.1 Å². The third kappa shape index (κ3) is 3.49. The van der Waals surface area contributed by atoms with E-state index in [1.807, 2.05) is 0 Å². The Labute approximate surface area is 138 Å². The van der Waals surface area contributed by atoms with Crippen LogP contribution in [0.1, 0.15) is 5.69 Å². The number of hydrogen-bond acceptors (Lipinski definition) is 7. The number of nitrogen functional groups attached to an aromatic ring is 1. The minimum absolute atomic E-state index is 0.0562. The van der Waals surface area contributed by atoms with Gasteiger partial charge in [0.15, 0.2) is 0 Å². The fraction of sp³-hybridized carbons (Fsp3) is 0.0909. The van der Waals surface area contributed by atoms with Crippen LogP contribution < -0.4 is 16.6 Å². The van der Waals surface area contributed by atoms with Crippen LogP contribution in [0.2, 0.25) is 5.02 Å². The molecule has 0 aliphatic heterocycles. The Balaban J connectivity index is 2.51. The van der Waals surface area contributed by atoms with Gasteiger partial charge in [0.1, 0.15) is 5.69 Å². The van der Waals surface area contributed by atoms with Gasteiger partial charge in [0.2, 0.25) is 11.8 Å². The molecule has 0 bridgehead atoms. The highest BCUT2D eigenvalue weighted by Gasteiger charge is 2.22. The molecule has 0 fully saturated rings. The Hall–Kier alpha value is -1.72. The highest BCUT2D eigenvalue weighted by molar-refractivity contribution is 14.1. The second kappa shape index (κ2) is 6.37. The van der Waals surface area contributed by atoms with Crippen LogP contribution in [0, 0.1) is 20.6 Å². The highest BCUT2D eigenvalue weighted by Crippen LogP contribution is 2.31. The van der Waals surface area contributed by atoms with E-state index in [2.05, 4.69) is 43.3 Å². The molecule has 10 heteroatoms. The third-order valence-electron chi connectivity index (χ3n) is 2.55. The first-order valence-corrected chi connectivity index (χ1v) is 7.09. The van der Waals surface area contributed by atoms with Gasteiger partial charge < -0.3 is 5.32 Å². The summed E-state index contributed by atoms with van der Waals surface area (Å²) >= 11 is 7.95. The molecule has 0 spiro atoms. The second-order valence-electron chi connectivity index (χ2n) is 3.98. The molecule has 0 atom stereocenters. The Morgan fingerprint density at radius 3 is 2.71 bits per heavy atom. The van der Waals surface area contributed by atoms with Crippen molar-refractivity contribution in [1.29, 1.82) is 0 Å². The molecule has 4 N–H and O–H groups in total. The quantitative estimate of drug-likeness (QED) is 0.301. The van der Waals surface area contributed by atoms with E-state index >= 15 is 0 Å². The summed E-state index contributed by atoms with van der Waals surface area (Å²) in [4.78, 5) is 18.5. The summed E-state index contributed by atoms with van der Waals surface area (Å²) in [6.45, 7) is 1.51. The Morgan fingerprint density at radius 1 is 1.43 bits per heavy atom. The first-order valence-electron chi connectivity index (χ1n) is 5.64. The van der Waals surface area contributed by atoms with Crippen molar-refractivity contribution in [2.45, 2.75) is 6.92 Å². The lowest BCUT2D eigenvalue weighted by atomic mass is 10.3. The highest BCUT2D eigenvalue weighted by atomic mass is 127. The molecule has 1 aromatic heterocycles. The number of nitro groups is 1. The van der Waals surface area contributed by atoms with Gasteiger partial charge in [-0.1, -0.05) is 11.6 Å². The number of halogens is 2. The zero-order valence-electron chi connectivity index (χ0n) is 10.7. The van der Waals surface area contributed by atoms with Crippen molar-refractivity contribution >= 4 is 57.3 Å². The summed E-state index contributed by atoms with van der Waals surface area (Å²) in [5.74, 6) is 5.41. The SMILES string of the molecule is Cc1nc(NN)nc(Nc2ccc(Cl)cc2I)c1[N+](=O)[O-]. The van der Waals surface area contributed by atoms with Crippen LogP contribution in [-0.2, 0) is 0 Å². The first-order chi connectivity index (χ1) is 9.92. The zero-order valence-corrected chi connectivity index (χ0v) is 13.6. The number of anilines is 3. The molecule has 2 rings (SSSR count). The molecule has 0 saturated carbocycles. The van der Waals surface area contributed by atoms with Gasteiger partial charge in [-0.3, -0.25) is 15.5 Å². The molecular weight excluding hydrogens is 411 g/mol. The standard InChI is InChI=1S/C11H10ClIN6O2/c1-5-9(19(20)21)10(17-11(15-5)18-14)16-8-3-2-6(12)4-7(8)13/h2-4H,14H2,1H3,(H2,15,16,17,18). The van der Waals surface area contributed by atoms with E-state index in [1.165, 1.54) is 6.92 Å². The number of aromatic nitrogens is 2. The van der Waals surface area contributed by atoms with Gasteiger partial charge in [0.05, 0.1) is 10.6 Å². The van der Waals surface area contributed by atoms with Gasteiger partial charge in [0, 0.05) is 8.59 Å². The second-order valence-corrected chi connectivity index (χ2v) is 5.58. The van der Waals surface area contributed by atoms with E-state index in [0.29, 0.717) is 10.7 Å². The van der Waals surface area contributed by atoms with Gasteiger partial charge in [-0.25, -0.2) is 10.8 Å². The van der Waals surface area contributed by atoms with E-state index in [0.717, 1.165) is 3.57 Å². The Morgan fingerprint density at radius 2 is 2.14 bits per heavy atom. The molecule has 0 unspecified atom stereocenters. The summed E-state index contributed by atoms with van der Waals surface area (Å²) in [6.07, 6.45) is 0. The maximum atomic E-state index is 11.2. The third-order valence-corrected chi connectivity index (χ3v) is 3.68. The molecule has 0 radical (unpaired) electrons. The van der Waals surface area contributed by atoms with Gasteiger partial charge >= 0.3 is 5.69 Å². The summed E-state index contributed by atoms with van der Waals surface area (Å²) in [6, 6.07) is 5.11. The molecule has 21 heavy (non-hydrogen) atoms. The average molecular weight is 421 g/mol. The van der Waals surface area contributed by atoms with E-state index in [9.17, 15) is 10.1 Å². The van der Waals surface area contributed by atoms with Crippen molar-refractivity contribution < 1.29 is 4.92 Å². The Kier molecular flexibility index (Phi) is 4.75. The maximum absolute atomic E-state index is 11.2. The molecule has 0 aliphatic carbocycles. The molecule has 0 aliphatic rings. The molecular formula is C11H10ClIN6O2. The van der Waals surface area contributed by atoms with Crippen molar-refractivity contribution in [3.05, 3.63) is 42.6 Å². The lowest BCUT2D eigenvalue weighted by Crippen LogP contribution is -2.13. The molecule has 1 heterocycles. The van der Waals surface area contributed by atoms with Crippen molar-refractivity contribution in [1.82, 2.24) is 9.97 Å². The van der Waals surface area contributed by atoms with Gasteiger partial charge in [0.25, 0.3) is 0 Å². The number of hydrogen-bond donors (Lipinski definition) is 3. The number of rotatable bonds is 4. The van der Waals surface area contributed by atoms with Crippen LogP contribution >= 0.6 is 34.2 Å². The zero-order chi connectivity index (χ0) is 15.6. The molecule has 0 amide bonds. The van der Waals surface area contributed by atoms with E-state index in [4.69, 9.17) is 17.4 Å². The summed E-state index contributed by atoms with van der Waals surface area (Å²) in [5, 5.41) is 14.7. The minimum atomic E-state index is -0.541. The first kappa shape index (κ1) is 15.7. The molecule has 110 valence electrons. The average Bonchev–Trinajstić information content (AvgIpc) is 2.40. The summed E-state index contributed by atoms with van der Waals surface area (Å²) < 4.78 is 0.799. The monoisotopic (exact) mass is 420 g/mol. The molecule has 8 nitrogen and oxygen atoms in total. The van der Waals surface area contributed by atoms with Crippen molar-refractivity contribution in [3.8, 4) is 0 Å². The van der Waals surface area contributed by atoms with Crippen LogP contribution in [0.25, 0.3) is 0 Å². The number of hydrazine groups is 1. The molecule has 1 aromatic carbocycles. The van der Waals surface area contributed by atoms with Crippen LogP contribution in [-0.4, -0.2) is 14.9 Å². The van der Waals surface area contributed by atoms with Crippen LogP contribution in [0.3, 0.4) is 0 Å². The number of aryl methyl sites for hydroxylation is 1. The van der Waals surface area contributed by atoms with Gasteiger partial charge in [-0.05, 0) is 47.7 Å². The van der Waals surface area contributed by atoms with E-state index < -0.39 is 4.92 Å². The van der Waals surface area contributed by atoms with Gasteiger partial charge in [-0.15, -0.1) is 0 Å². The fourth-order valence-corrected chi connectivity index (χ4v) is 2.66. The largest absolute Gasteiger partial charge is 0.333 e. The number of nitrogens with zero attached hydrogens (tertiary/aromatic N) is 3. The minimum Gasteiger partial charge on any atom is -0.333 e. The number of nitrogens with two attached hydrogens (primary N) is 1. The topological polar surface area (TPSA) is 119 Å². The predicted molar refractivity (Wildman–Crippen MR) is 88.7 cm³/mol. The van der Waals surface area contributed by atoms with Crippen LogP contribution in [0.15, 0.2) is 18.2 Å². The number of benzene rings is 1. The lowest BCUT2D eigenvalue weighted by Gasteiger charge is -2.10. The van der Waals surface area contributed by atoms with Crippen LogP contribution in [0.4, 0.5) is 23.1 Å². The van der Waals surface area contributed by atoms with Crippen molar-refractivity contribution in [3.63, 3.8) is 0 Å². The van der Waals surface area contributed by atoms with Crippen LogP contribution in [0.5, 0.6) is 0 Å². The Bertz CT molecular complexity index is 711. The predicted octanol–water partition coefficient (Wildman–Crippen LogP) is 2.98. The van der Waals surface area contributed by atoms with E-state index in [1.54, 1.807) is 18.2 Å². The molecule has 2 aromatic rings. The molecule has 0 saturated heterocycles.